The van der Waals surface area contributed by atoms with Crippen LogP contribution in [0.15, 0.2) is 71.6 Å². The fourth-order valence-electron chi connectivity index (χ4n) is 2.90. The number of rotatable bonds is 8. The molecule has 8 nitrogen and oxygen atoms in total. The molecular formula is C22H23N3O5S2. The molecule has 0 bridgehead atoms. The largest absolute Gasteiger partial charge is 0.495 e. The third-order valence-corrected chi connectivity index (χ3v) is 6.01. The van der Waals surface area contributed by atoms with E-state index in [1.165, 1.54) is 26.4 Å². The number of thiocarbonyl (C=S) groups is 1. The molecule has 3 rings (SSSR count). The van der Waals surface area contributed by atoms with Crippen molar-refractivity contribution in [3.8, 4) is 17.2 Å². The molecule has 0 saturated heterocycles. The minimum Gasteiger partial charge on any atom is -0.495 e. The number of benzene rings is 3. The van der Waals surface area contributed by atoms with E-state index in [1.54, 1.807) is 43.5 Å². The van der Waals surface area contributed by atoms with Crippen LogP contribution < -0.4 is 29.6 Å². The van der Waals surface area contributed by atoms with Crippen molar-refractivity contribution >= 4 is 44.4 Å². The first-order valence-electron chi connectivity index (χ1n) is 9.43. The second-order valence-corrected chi connectivity index (χ2v) is 8.54. The molecule has 0 atom stereocenters. The molecule has 0 fully saturated rings. The standard InChI is InChI=1S/C22H23N3O5S2/c1-28-19-10-6-4-8-16(19)23-22(31)24-17-13-12-15(14-21(17)30-3)32(26,27)25-18-9-5-7-11-20(18)29-2/h4-14,25H,1-3H3,(H2,23,24,31). The van der Waals surface area contributed by atoms with E-state index in [1.807, 2.05) is 18.2 Å². The van der Waals surface area contributed by atoms with Gasteiger partial charge in [-0.1, -0.05) is 24.3 Å². The van der Waals surface area contributed by atoms with Crippen LogP contribution in [0, 0.1) is 0 Å². The third-order valence-electron chi connectivity index (χ3n) is 4.44. The predicted octanol–water partition coefficient (Wildman–Crippen LogP) is 4.32. The number of ether oxygens (including phenoxy) is 3. The monoisotopic (exact) mass is 473 g/mol. The Labute approximate surface area is 192 Å². The van der Waals surface area contributed by atoms with E-state index in [0.717, 1.165) is 0 Å². The van der Waals surface area contributed by atoms with E-state index in [2.05, 4.69) is 15.4 Å². The van der Waals surface area contributed by atoms with Crippen LogP contribution in [0.4, 0.5) is 17.1 Å². The van der Waals surface area contributed by atoms with Gasteiger partial charge in [0.05, 0.1) is 43.3 Å². The zero-order valence-corrected chi connectivity index (χ0v) is 19.3. The molecule has 0 aromatic heterocycles. The van der Waals surface area contributed by atoms with Crippen LogP contribution in [0.2, 0.25) is 0 Å². The van der Waals surface area contributed by atoms with Crippen LogP contribution in [0.1, 0.15) is 0 Å². The lowest BCUT2D eigenvalue weighted by Gasteiger charge is -2.16. The van der Waals surface area contributed by atoms with Gasteiger partial charge in [0.25, 0.3) is 10.0 Å². The normalized spacial score (nSPS) is 10.7. The van der Waals surface area contributed by atoms with Crippen LogP contribution in [0.3, 0.4) is 0 Å². The quantitative estimate of drug-likeness (QED) is 0.416. The average molecular weight is 474 g/mol. The van der Waals surface area contributed by atoms with E-state index in [9.17, 15) is 8.42 Å². The maximum absolute atomic E-state index is 12.9. The van der Waals surface area contributed by atoms with Crippen LogP contribution in [-0.2, 0) is 10.0 Å². The molecule has 0 saturated carbocycles. The lowest BCUT2D eigenvalue weighted by molar-refractivity contribution is 0.415. The summed E-state index contributed by atoms with van der Waals surface area (Å²) >= 11 is 5.38. The number of sulfonamides is 1. The first kappa shape index (κ1) is 23.2. The minimum atomic E-state index is -3.88. The van der Waals surface area contributed by atoms with Gasteiger partial charge in [-0.2, -0.15) is 0 Å². The van der Waals surface area contributed by atoms with E-state index < -0.39 is 10.0 Å². The van der Waals surface area contributed by atoms with Crippen molar-refractivity contribution in [1.29, 1.82) is 0 Å². The minimum absolute atomic E-state index is 0.0226. The Morgan fingerprint density at radius 3 is 1.81 bits per heavy atom. The van der Waals surface area contributed by atoms with Gasteiger partial charge in [-0.05, 0) is 48.6 Å². The van der Waals surface area contributed by atoms with E-state index >= 15 is 0 Å². The van der Waals surface area contributed by atoms with Crippen molar-refractivity contribution in [3.63, 3.8) is 0 Å². The highest BCUT2D eigenvalue weighted by Gasteiger charge is 2.19. The summed E-state index contributed by atoms with van der Waals surface area (Å²) in [6.07, 6.45) is 0. The molecule has 0 spiro atoms. The lowest BCUT2D eigenvalue weighted by Crippen LogP contribution is -2.20. The van der Waals surface area contributed by atoms with Gasteiger partial charge in [0, 0.05) is 6.07 Å². The molecule has 0 heterocycles. The number of methoxy groups -OCH3 is 3. The topological polar surface area (TPSA) is 97.9 Å². The number of hydrogen-bond donors (Lipinski definition) is 3. The third kappa shape index (κ3) is 5.40. The number of anilines is 3. The van der Waals surface area contributed by atoms with Crippen molar-refractivity contribution in [3.05, 3.63) is 66.7 Å². The lowest BCUT2D eigenvalue weighted by atomic mass is 10.3. The second-order valence-electron chi connectivity index (χ2n) is 6.45. The van der Waals surface area contributed by atoms with E-state index in [4.69, 9.17) is 26.4 Å². The Kier molecular flexibility index (Phi) is 7.39. The van der Waals surface area contributed by atoms with Gasteiger partial charge >= 0.3 is 0 Å². The van der Waals surface area contributed by atoms with Crippen molar-refractivity contribution in [1.82, 2.24) is 0 Å². The van der Waals surface area contributed by atoms with Gasteiger partial charge in [0.2, 0.25) is 0 Å². The zero-order valence-electron chi connectivity index (χ0n) is 17.7. The second kappa shape index (κ2) is 10.2. The number of nitrogens with one attached hydrogen (secondary N) is 3. The predicted molar refractivity (Wildman–Crippen MR) is 130 cm³/mol. The Balaban J connectivity index is 1.80. The van der Waals surface area contributed by atoms with Crippen molar-refractivity contribution < 1.29 is 22.6 Å². The highest BCUT2D eigenvalue weighted by Crippen LogP contribution is 2.31. The molecule has 0 unspecified atom stereocenters. The van der Waals surface area contributed by atoms with Crippen LogP contribution in [-0.4, -0.2) is 34.9 Å². The molecule has 3 N–H and O–H groups in total. The summed E-state index contributed by atoms with van der Waals surface area (Å²) in [5.74, 6) is 1.35. The van der Waals surface area contributed by atoms with Gasteiger partial charge in [0.15, 0.2) is 5.11 Å². The molecule has 10 heteroatoms. The molecule has 0 aliphatic rings. The molecule has 0 aliphatic carbocycles. The SMILES string of the molecule is COc1ccccc1NC(=S)Nc1ccc(S(=O)(=O)Nc2ccccc2OC)cc1OC. The Morgan fingerprint density at radius 1 is 0.719 bits per heavy atom. The summed E-state index contributed by atoms with van der Waals surface area (Å²) in [6, 6.07) is 18.5. The van der Waals surface area contributed by atoms with E-state index in [-0.39, 0.29) is 10.0 Å². The van der Waals surface area contributed by atoms with Gasteiger partial charge in [-0.3, -0.25) is 4.72 Å². The van der Waals surface area contributed by atoms with Crippen LogP contribution in [0.25, 0.3) is 0 Å². The molecule has 0 amide bonds. The average Bonchev–Trinajstić information content (AvgIpc) is 2.79. The summed E-state index contributed by atoms with van der Waals surface area (Å²) in [5, 5.41) is 6.35. The molecular weight excluding hydrogens is 450 g/mol. The summed E-state index contributed by atoms with van der Waals surface area (Å²) in [5.41, 5.74) is 1.51. The number of hydrogen-bond acceptors (Lipinski definition) is 6. The van der Waals surface area contributed by atoms with E-state index in [0.29, 0.717) is 34.3 Å². The van der Waals surface area contributed by atoms with Crippen molar-refractivity contribution in [2.45, 2.75) is 4.90 Å². The highest BCUT2D eigenvalue weighted by atomic mass is 32.2. The Hall–Kier alpha value is -3.50. The Bertz CT molecular complexity index is 1220. The van der Waals surface area contributed by atoms with Crippen LogP contribution >= 0.6 is 12.2 Å². The summed E-state index contributed by atoms with van der Waals surface area (Å²) in [4.78, 5) is 0.0226. The number of para-hydroxylation sites is 4. The first-order chi connectivity index (χ1) is 15.4. The maximum Gasteiger partial charge on any atom is 0.262 e. The van der Waals surface area contributed by atoms with Crippen LogP contribution in [0.5, 0.6) is 17.2 Å². The van der Waals surface area contributed by atoms with Gasteiger partial charge in [-0.25, -0.2) is 8.42 Å². The Morgan fingerprint density at radius 2 is 1.22 bits per heavy atom. The molecule has 0 aliphatic heterocycles. The fourth-order valence-corrected chi connectivity index (χ4v) is 4.20. The van der Waals surface area contributed by atoms with Gasteiger partial charge < -0.3 is 24.8 Å². The smallest absolute Gasteiger partial charge is 0.262 e. The zero-order chi connectivity index (χ0) is 23.1. The van der Waals surface area contributed by atoms with Crippen molar-refractivity contribution in [2.24, 2.45) is 0 Å². The van der Waals surface area contributed by atoms with Gasteiger partial charge in [-0.15, -0.1) is 0 Å². The summed E-state index contributed by atoms with van der Waals surface area (Å²) in [7, 11) is 0.600. The van der Waals surface area contributed by atoms with Crippen molar-refractivity contribution in [2.75, 3.05) is 36.7 Å². The molecule has 3 aromatic carbocycles. The molecule has 0 radical (unpaired) electrons. The molecule has 32 heavy (non-hydrogen) atoms. The van der Waals surface area contributed by atoms with Gasteiger partial charge in [0.1, 0.15) is 17.2 Å². The summed E-state index contributed by atoms with van der Waals surface area (Å²) < 4.78 is 44.2. The molecule has 3 aromatic rings. The maximum atomic E-state index is 12.9. The highest BCUT2D eigenvalue weighted by molar-refractivity contribution is 7.92. The fraction of sp³-hybridized carbons (Fsp3) is 0.136. The molecule has 168 valence electrons. The summed E-state index contributed by atoms with van der Waals surface area (Å²) in [6.45, 7) is 0. The first-order valence-corrected chi connectivity index (χ1v) is 11.3.